The van der Waals surface area contributed by atoms with Gasteiger partial charge in [0.2, 0.25) is 0 Å². The molecule has 0 amide bonds. The molecule has 4 heteroatoms. The van der Waals surface area contributed by atoms with Crippen LogP contribution in [0.25, 0.3) is 0 Å². The maximum absolute atomic E-state index is 11.5. The maximum Gasteiger partial charge on any atom is 0.267 e. The van der Waals surface area contributed by atoms with E-state index in [-0.39, 0.29) is 24.5 Å². The molecule has 2 fully saturated rings. The van der Waals surface area contributed by atoms with E-state index in [0.29, 0.717) is 6.61 Å². The van der Waals surface area contributed by atoms with Crippen LogP contribution in [0.1, 0.15) is 12.8 Å². The Morgan fingerprint density at radius 3 is 2.62 bits per heavy atom. The number of hydrogen-bond donors (Lipinski definition) is 0. The molecule has 2 rings (SSSR count). The molecule has 0 N–H and O–H groups in total. The van der Waals surface area contributed by atoms with Crippen LogP contribution in [0.4, 0.5) is 0 Å². The highest BCUT2D eigenvalue weighted by molar-refractivity contribution is 6.67. The highest BCUT2D eigenvalue weighted by Crippen LogP contribution is 2.40. The van der Waals surface area contributed by atoms with Gasteiger partial charge in [-0.05, 0) is 12.8 Å². The van der Waals surface area contributed by atoms with E-state index in [9.17, 15) is 4.79 Å². The lowest BCUT2D eigenvalue weighted by atomic mass is 9.39. The van der Waals surface area contributed by atoms with Gasteiger partial charge in [-0.25, -0.2) is 5.26 Å². The van der Waals surface area contributed by atoms with Gasteiger partial charge >= 0.3 is 0 Å². The van der Waals surface area contributed by atoms with Crippen LogP contribution >= 0.6 is 0 Å². The first-order valence-electron chi connectivity index (χ1n) is 4.77. The Balaban J connectivity index is 2.04. The van der Waals surface area contributed by atoms with Gasteiger partial charge in [0.25, 0.3) is 6.71 Å². The van der Waals surface area contributed by atoms with Gasteiger partial charge in [0.1, 0.15) is 6.61 Å². The van der Waals surface area contributed by atoms with E-state index in [1.165, 1.54) is 0 Å². The Morgan fingerprint density at radius 1 is 1.46 bits per heavy atom. The first-order valence-corrected chi connectivity index (χ1v) is 4.77. The van der Waals surface area contributed by atoms with Gasteiger partial charge in [0.05, 0.1) is 12.0 Å². The van der Waals surface area contributed by atoms with E-state index in [1.54, 1.807) is 0 Å². The van der Waals surface area contributed by atoms with Crippen molar-refractivity contribution in [2.24, 2.45) is 5.41 Å². The summed E-state index contributed by atoms with van der Waals surface area (Å²) in [5.41, 5.74) is -0.201. The van der Waals surface area contributed by atoms with Crippen LogP contribution in [0.5, 0.6) is 0 Å². The lowest BCUT2D eigenvalue weighted by molar-refractivity contribution is -0.125. The van der Waals surface area contributed by atoms with Crippen LogP contribution in [0, 0.1) is 16.6 Å². The van der Waals surface area contributed by atoms with E-state index in [0.717, 1.165) is 25.5 Å². The summed E-state index contributed by atoms with van der Waals surface area (Å²) in [6.45, 7) is 1.04. The first kappa shape index (κ1) is 8.77. The van der Waals surface area contributed by atoms with Crippen molar-refractivity contribution in [1.29, 1.82) is 5.26 Å². The number of ketones is 1. The molecule has 2 aliphatic rings. The third-order valence-corrected chi connectivity index (χ3v) is 3.33. The van der Waals surface area contributed by atoms with Crippen molar-refractivity contribution < 1.29 is 9.53 Å². The second kappa shape index (κ2) is 3.15. The van der Waals surface area contributed by atoms with Crippen LogP contribution in [0.3, 0.4) is 0 Å². The van der Waals surface area contributed by atoms with E-state index >= 15 is 0 Å². The average Bonchev–Trinajstić information content (AvgIpc) is 2.50. The fraction of sp³-hybridized carbons (Fsp3) is 0.778. The van der Waals surface area contributed by atoms with Crippen LogP contribution < -0.4 is 0 Å². The molecule has 0 aromatic rings. The summed E-state index contributed by atoms with van der Waals surface area (Å²) < 4.78 is 5.19. The van der Waals surface area contributed by atoms with E-state index in [2.05, 4.69) is 5.97 Å². The fourth-order valence-electron chi connectivity index (χ4n) is 2.30. The van der Waals surface area contributed by atoms with Gasteiger partial charge in [-0.15, -0.1) is 0 Å². The summed E-state index contributed by atoms with van der Waals surface area (Å²) in [5.74, 6) is 2.53. The molecule has 0 atom stereocenters. The molecule has 0 aromatic carbocycles. The van der Waals surface area contributed by atoms with Crippen molar-refractivity contribution in [3.63, 3.8) is 0 Å². The largest absolute Gasteiger partial charge is 0.373 e. The molecule has 0 radical (unpaired) electrons. The molecule has 0 saturated carbocycles. The van der Waals surface area contributed by atoms with E-state index < -0.39 is 0 Å². The highest BCUT2D eigenvalue weighted by Gasteiger charge is 2.46. The van der Waals surface area contributed by atoms with E-state index in [4.69, 9.17) is 10.00 Å². The lowest BCUT2D eigenvalue weighted by Crippen LogP contribution is -2.36. The summed E-state index contributed by atoms with van der Waals surface area (Å²) in [5, 5.41) is 8.72. The number of carbonyl (C=O) groups is 1. The van der Waals surface area contributed by atoms with Crippen LogP contribution in [0.15, 0.2) is 0 Å². The minimum absolute atomic E-state index is 0.166. The summed E-state index contributed by atoms with van der Waals surface area (Å²) in [6.07, 6.45) is 3.44. The predicted molar refractivity (Wildman–Crippen MR) is 48.5 cm³/mol. The smallest absolute Gasteiger partial charge is 0.267 e. The zero-order valence-electron chi connectivity index (χ0n) is 7.58. The molecule has 2 heterocycles. The molecule has 0 aromatic heterocycles. The van der Waals surface area contributed by atoms with Crippen molar-refractivity contribution in [2.45, 2.75) is 25.5 Å². The SMILES string of the molecule is N#CB1CCC2(CC1)COCC2=O. The minimum atomic E-state index is -0.201. The van der Waals surface area contributed by atoms with Crippen molar-refractivity contribution in [1.82, 2.24) is 0 Å². The molecule has 0 aliphatic carbocycles. The van der Waals surface area contributed by atoms with Gasteiger partial charge in [-0.2, -0.15) is 0 Å². The number of carbonyl (C=O) groups excluding carboxylic acids is 1. The summed E-state index contributed by atoms with van der Waals surface area (Å²) in [6, 6.07) is 0. The van der Waals surface area contributed by atoms with Gasteiger partial charge in [0.15, 0.2) is 5.78 Å². The Morgan fingerprint density at radius 2 is 2.15 bits per heavy atom. The average molecular weight is 177 g/mol. The van der Waals surface area contributed by atoms with Crippen LogP contribution in [-0.2, 0) is 9.53 Å². The van der Waals surface area contributed by atoms with Crippen LogP contribution in [-0.4, -0.2) is 25.7 Å². The molecular weight excluding hydrogens is 165 g/mol. The fourth-order valence-corrected chi connectivity index (χ4v) is 2.30. The quantitative estimate of drug-likeness (QED) is 0.517. The highest BCUT2D eigenvalue weighted by atomic mass is 16.5. The predicted octanol–water partition coefficient (Wildman–Crippen LogP) is 0.923. The third-order valence-electron chi connectivity index (χ3n) is 3.33. The molecule has 2 aliphatic heterocycles. The summed E-state index contributed by atoms with van der Waals surface area (Å²) in [4.78, 5) is 11.5. The second-order valence-electron chi connectivity index (χ2n) is 4.10. The number of Topliss-reactive ketones (excluding diaryl/α,β-unsaturated/α-hetero) is 1. The van der Waals surface area contributed by atoms with Gasteiger partial charge in [-0.3, -0.25) is 4.79 Å². The zero-order chi connectivity index (χ0) is 9.31. The van der Waals surface area contributed by atoms with Crippen LogP contribution in [0.2, 0.25) is 12.6 Å². The van der Waals surface area contributed by atoms with E-state index in [1.807, 2.05) is 0 Å². The lowest BCUT2D eigenvalue weighted by Gasteiger charge is -2.30. The Hall–Kier alpha value is -0.815. The van der Waals surface area contributed by atoms with Gasteiger partial charge < -0.3 is 4.74 Å². The maximum atomic E-state index is 11.5. The zero-order valence-corrected chi connectivity index (χ0v) is 7.58. The standard InChI is InChI=1S/C9H12BNO2/c11-7-10-3-1-9(2-4-10)6-13-5-8(9)12/h1-6H2. The minimum Gasteiger partial charge on any atom is -0.373 e. The number of rotatable bonds is 0. The van der Waals surface area contributed by atoms with Crippen molar-refractivity contribution in [3.8, 4) is 5.97 Å². The molecular formula is C9H12BNO2. The first-order chi connectivity index (χ1) is 6.27. The molecule has 2 saturated heterocycles. The topological polar surface area (TPSA) is 50.1 Å². The van der Waals surface area contributed by atoms with Crippen molar-refractivity contribution in [2.75, 3.05) is 13.2 Å². The molecule has 3 nitrogen and oxygen atoms in total. The number of nitriles is 1. The normalized spacial score (nSPS) is 26.4. The second-order valence-corrected chi connectivity index (χ2v) is 4.10. The third kappa shape index (κ3) is 1.38. The summed E-state index contributed by atoms with van der Waals surface area (Å²) >= 11 is 0. The molecule has 13 heavy (non-hydrogen) atoms. The molecule has 0 bridgehead atoms. The number of nitrogens with zero attached hydrogens (tertiary/aromatic N) is 1. The molecule has 0 unspecified atom stereocenters. The molecule has 1 spiro atoms. The Labute approximate surface area is 78.1 Å². The summed E-state index contributed by atoms with van der Waals surface area (Å²) in [7, 11) is 0. The Bertz CT molecular complexity index is 263. The van der Waals surface area contributed by atoms with Crippen molar-refractivity contribution in [3.05, 3.63) is 0 Å². The Kier molecular flexibility index (Phi) is 2.13. The number of hydrogen-bond acceptors (Lipinski definition) is 3. The number of ether oxygens (including phenoxy) is 1. The van der Waals surface area contributed by atoms with Gasteiger partial charge in [-0.1, -0.05) is 12.6 Å². The van der Waals surface area contributed by atoms with Gasteiger partial charge in [0, 0.05) is 5.97 Å². The van der Waals surface area contributed by atoms with Crippen molar-refractivity contribution >= 4 is 12.5 Å². The monoisotopic (exact) mass is 177 g/mol. The molecule has 68 valence electrons.